The van der Waals surface area contributed by atoms with Crippen molar-refractivity contribution in [1.29, 1.82) is 0 Å². The van der Waals surface area contributed by atoms with E-state index in [4.69, 9.17) is 31.0 Å². The van der Waals surface area contributed by atoms with Gasteiger partial charge in [0, 0.05) is 29.6 Å². The quantitative estimate of drug-likeness (QED) is 0.146. The normalized spacial score (nSPS) is 13.9. The van der Waals surface area contributed by atoms with Crippen molar-refractivity contribution in [3.63, 3.8) is 0 Å². The molecule has 1 aliphatic rings. The molecule has 0 aliphatic carbocycles. The molecule has 2 aromatic carbocycles. The molecule has 252 valence electrons. The second kappa shape index (κ2) is 14.6. The fourth-order valence-corrected chi connectivity index (χ4v) is 6.31. The standard InChI is InChI=1S/C36H34ClF2N7O3/c1-5-21-16-27-31(41-17-21)33(45-34(43-27)32(38)39)42-26-11-7-8-23(20(26)2)24-9-6-10-25(30(24)37)28-18-40-29(35(44-28)48-3)19-46-14-12-22(13-15-46)36(47)49-4/h5-11,16-18,22,32H,1,12-15,19H2,2-4H3,(H,42,43,45). The molecule has 49 heavy (non-hydrogen) atoms. The monoisotopic (exact) mass is 685 g/mol. The SMILES string of the molecule is C=Cc1cnc2c(Nc3cccc(-c4cccc(-c5cnc(CN6CCC(C(=O)OC)CC6)c(OC)n5)c4Cl)c3C)nc(C(F)F)nc2c1. The first-order chi connectivity index (χ1) is 23.7. The van der Waals surface area contributed by atoms with Crippen molar-refractivity contribution in [2.24, 2.45) is 5.92 Å². The minimum absolute atomic E-state index is 0.0837. The van der Waals surface area contributed by atoms with E-state index in [1.165, 1.54) is 7.11 Å². The summed E-state index contributed by atoms with van der Waals surface area (Å²) >= 11 is 7.07. The van der Waals surface area contributed by atoms with Crippen LogP contribution >= 0.6 is 11.6 Å². The number of hydrogen-bond acceptors (Lipinski definition) is 10. The van der Waals surface area contributed by atoms with Gasteiger partial charge in [0.25, 0.3) is 6.43 Å². The van der Waals surface area contributed by atoms with E-state index in [1.54, 1.807) is 31.6 Å². The highest BCUT2D eigenvalue weighted by Crippen LogP contribution is 2.40. The van der Waals surface area contributed by atoms with E-state index in [1.807, 2.05) is 43.3 Å². The van der Waals surface area contributed by atoms with E-state index in [0.29, 0.717) is 51.2 Å². The molecule has 6 rings (SSSR count). The molecule has 1 N–H and O–H groups in total. The minimum Gasteiger partial charge on any atom is -0.480 e. The zero-order valence-electron chi connectivity index (χ0n) is 27.2. The smallest absolute Gasteiger partial charge is 0.308 e. The number of hydrogen-bond donors (Lipinski definition) is 1. The Labute approximate surface area is 287 Å². The minimum atomic E-state index is -2.87. The molecule has 1 fully saturated rings. The zero-order chi connectivity index (χ0) is 34.7. The van der Waals surface area contributed by atoms with Gasteiger partial charge in [-0.25, -0.2) is 23.7 Å². The van der Waals surface area contributed by atoms with Crippen LogP contribution in [0.4, 0.5) is 20.3 Å². The molecule has 3 aromatic heterocycles. The molecule has 4 heterocycles. The number of benzene rings is 2. The molecule has 13 heteroatoms. The zero-order valence-corrected chi connectivity index (χ0v) is 28.0. The van der Waals surface area contributed by atoms with Crippen LogP contribution in [0.25, 0.3) is 39.5 Å². The number of aromatic nitrogens is 5. The molecule has 1 saturated heterocycles. The number of likely N-dealkylation sites (tertiary alicyclic amines) is 1. The van der Waals surface area contributed by atoms with E-state index in [9.17, 15) is 13.6 Å². The Bertz CT molecular complexity index is 2040. The van der Waals surface area contributed by atoms with Crippen LogP contribution < -0.4 is 10.1 Å². The molecular formula is C36H34ClF2N7O3. The van der Waals surface area contributed by atoms with Crippen LogP contribution in [0, 0.1) is 12.8 Å². The summed E-state index contributed by atoms with van der Waals surface area (Å²) in [6.07, 6.45) is 3.41. The van der Waals surface area contributed by atoms with E-state index >= 15 is 0 Å². The first-order valence-corrected chi connectivity index (χ1v) is 16.0. The van der Waals surface area contributed by atoms with E-state index < -0.39 is 12.2 Å². The van der Waals surface area contributed by atoms with Gasteiger partial charge in [0.2, 0.25) is 5.88 Å². The van der Waals surface area contributed by atoms with Crippen molar-refractivity contribution < 1.29 is 23.0 Å². The Kier molecular flexibility index (Phi) is 10.1. The van der Waals surface area contributed by atoms with Crippen molar-refractivity contribution in [3.8, 4) is 28.3 Å². The van der Waals surface area contributed by atoms with Crippen LogP contribution in [0.5, 0.6) is 5.88 Å². The molecule has 0 bridgehead atoms. The van der Waals surface area contributed by atoms with Gasteiger partial charge in [-0.2, -0.15) is 0 Å². The number of carbonyl (C=O) groups is 1. The highest BCUT2D eigenvalue weighted by Gasteiger charge is 2.27. The van der Waals surface area contributed by atoms with Gasteiger partial charge in [0.05, 0.1) is 42.6 Å². The Morgan fingerprint density at radius 1 is 1.06 bits per heavy atom. The maximum atomic E-state index is 13.8. The predicted octanol–water partition coefficient (Wildman–Crippen LogP) is 7.83. The number of anilines is 2. The number of nitrogens with one attached hydrogen (secondary N) is 1. The third kappa shape index (κ3) is 7.06. The molecule has 0 unspecified atom stereocenters. The first-order valence-electron chi connectivity index (χ1n) is 15.6. The maximum Gasteiger partial charge on any atom is 0.308 e. The lowest BCUT2D eigenvalue weighted by molar-refractivity contribution is -0.147. The van der Waals surface area contributed by atoms with Crippen molar-refractivity contribution in [3.05, 3.63) is 89.1 Å². The van der Waals surface area contributed by atoms with Crippen molar-refractivity contribution >= 4 is 46.2 Å². The summed E-state index contributed by atoms with van der Waals surface area (Å²) in [5.74, 6) is -0.300. The van der Waals surface area contributed by atoms with Crippen LogP contribution in [0.15, 0.2) is 61.4 Å². The number of nitrogens with zero attached hydrogens (tertiary/aromatic N) is 6. The average Bonchev–Trinajstić information content (AvgIpc) is 3.12. The summed E-state index contributed by atoms with van der Waals surface area (Å²) in [6, 6.07) is 12.9. The van der Waals surface area contributed by atoms with Crippen LogP contribution in [-0.4, -0.2) is 63.1 Å². The molecule has 0 spiro atoms. The van der Waals surface area contributed by atoms with Gasteiger partial charge >= 0.3 is 5.97 Å². The lowest BCUT2D eigenvalue weighted by Gasteiger charge is -2.30. The van der Waals surface area contributed by atoms with Gasteiger partial charge < -0.3 is 14.8 Å². The molecule has 0 amide bonds. The number of alkyl halides is 2. The number of pyridine rings is 1. The third-order valence-corrected chi connectivity index (χ3v) is 9.06. The van der Waals surface area contributed by atoms with Crippen molar-refractivity contribution in [2.75, 3.05) is 32.6 Å². The largest absolute Gasteiger partial charge is 0.480 e. The summed E-state index contributed by atoms with van der Waals surface area (Å²) < 4.78 is 38.1. The number of halogens is 3. The second-order valence-corrected chi connectivity index (χ2v) is 12.0. The van der Waals surface area contributed by atoms with E-state index in [0.717, 1.165) is 42.6 Å². The first kappa shape index (κ1) is 33.8. The summed E-state index contributed by atoms with van der Waals surface area (Å²) in [5.41, 5.74) is 6.18. The van der Waals surface area contributed by atoms with Crippen LogP contribution in [0.3, 0.4) is 0 Å². The predicted molar refractivity (Wildman–Crippen MR) is 185 cm³/mol. The topological polar surface area (TPSA) is 115 Å². The summed E-state index contributed by atoms with van der Waals surface area (Å²) in [7, 11) is 2.98. The molecule has 0 atom stereocenters. The van der Waals surface area contributed by atoms with Crippen LogP contribution in [0.1, 0.15) is 41.9 Å². The van der Waals surface area contributed by atoms with Crippen LogP contribution in [-0.2, 0) is 16.1 Å². The van der Waals surface area contributed by atoms with Gasteiger partial charge in [-0.1, -0.05) is 54.6 Å². The number of esters is 1. The number of rotatable bonds is 10. The highest BCUT2D eigenvalue weighted by molar-refractivity contribution is 6.36. The molecular weight excluding hydrogens is 652 g/mol. The van der Waals surface area contributed by atoms with Gasteiger partial charge in [-0.15, -0.1) is 0 Å². The Balaban J connectivity index is 1.28. The van der Waals surface area contributed by atoms with Gasteiger partial charge in [-0.05, 0) is 61.7 Å². The summed E-state index contributed by atoms with van der Waals surface area (Å²) in [6.45, 7) is 7.64. The van der Waals surface area contributed by atoms with E-state index in [2.05, 4.69) is 31.7 Å². The average molecular weight is 686 g/mol. The number of piperidine rings is 1. The molecule has 1 aliphatic heterocycles. The second-order valence-electron chi connectivity index (χ2n) is 11.6. The Morgan fingerprint density at radius 3 is 2.51 bits per heavy atom. The maximum absolute atomic E-state index is 13.8. The molecule has 0 saturated carbocycles. The third-order valence-electron chi connectivity index (χ3n) is 8.66. The fraction of sp³-hybridized carbons (Fsp3) is 0.278. The van der Waals surface area contributed by atoms with Crippen molar-refractivity contribution in [1.82, 2.24) is 29.8 Å². The lowest BCUT2D eigenvalue weighted by Crippen LogP contribution is -2.36. The van der Waals surface area contributed by atoms with E-state index in [-0.39, 0.29) is 23.2 Å². The van der Waals surface area contributed by atoms with Crippen molar-refractivity contribution in [2.45, 2.75) is 32.7 Å². The number of fused-ring (bicyclic) bond motifs is 1. The molecule has 5 aromatic rings. The van der Waals surface area contributed by atoms with Crippen LogP contribution in [0.2, 0.25) is 5.02 Å². The van der Waals surface area contributed by atoms with Gasteiger partial charge in [-0.3, -0.25) is 19.7 Å². The number of carbonyl (C=O) groups excluding carboxylic acids is 1. The Hall–Kier alpha value is -5.07. The van der Waals surface area contributed by atoms with Gasteiger partial charge in [0.1, 0.15) is 11.2 Å². The fourth-order valence-electron chi connectivity index (χ4n) is 5.98. The number of methoxy groups -OCH3 is 2. The Morgan fingerprint density at radius 2 is 1.80 bits per heavy atom. The lowest BCUT2D eigenvalue weighted by atomic mass is 9.96. The molecule has 10 nitrogen and oxygen atoms in total. The summed E-state index contributed by atoms with van der Waals surface area (Å²) in [4.78, 5) is 36.1. The summed E-state index contributed by atoms with van der Waals surface area (Å²) in [5, 5.41) is 3.67. The van der Waals surface area contributed by atoms with Gasteiger partial charge in [0.15, 0.2) is 11.6 Å². The molecule has 0 radical (unpaired) electrons. The highest BCUT2D eigenvalue weighted by atomic mass is 35.5. The number of ether oxygens (including phenoxy) is 2.